The van der Waals surface area contributed by atoms with Crippen LogP contribution in [0.2, 0.25) is 0 Å². The number of ether oxygens (including phenoxy) is 1. The molecule has 5 heteroatoms. The molecule has 1 unspecified atom stereocenters. The lowest BCUT2D eigenvalue weighted by molar-refractivity contribution is 0.0945. The summed E-state index contributed by atoms with van der Waals surface area (Å²) < 4.78 is 6.76. The molecular weight excluding hydrogens is 254 g/mol. The van der Waals surface area contributed by atoms with Gasteiger partial charge in [-0.15, -0.1) is 0 Å². The van der Waals surface area contributed by atoms with Crippen LogP contribution in [0.4, 0.5) is 0 Å². The van der Waals surface area contributed by atoms with E-state index in [0.717, 1.165) is 12.8 Å². The maximum absolute atomic E-state index is 12.4. The molecule has 1 rings (SSSR count). The summed E-state index contributed by atoms with van der Waals surface area (Å²) in [6.45, 7) is 7.25. The molecule has 0 radical (unpaired) electrons. The summed E-state index contributed by atoms with van der Waals surface area (Å²) in [4.78, 5) is 12.4. The van der Waals surface area contributed by atoms with Crippen LogP contribution < -0.4 is 10.5 Å². The largest absolute Gasteiger partial charge is 0.493 e. The first-order valence-corrected chi connectivity index (χ1v) is 7.10. The van der Waals surface area contributed by atoms with Crippen molar-refractivity contribution in [1.82, 2.24) is 9.78 Å². The second-order valence-corrected chi connectivity index (χ2v) is 6.29. The van der Waals surface area contributed by atoms with Crippen molar-refractivity contribution in [2.45, 2.75) is 40.0 Å². The Bertz CT molecular complexity index is 446. The van der Waals surface area contributed by atoms with Gasteiger partial charge in [0.2, 0.25) is 0 Å². The van der Waals surface area contributed by atoms with Gasteiger partial charge in [0.1, 0.15) is 5.69 Å². The lowest BCUT2D eigenvalue weighted by atomic mass is 9.76. The first-order valence-electron chi connectivity index (χ1n) is 7.10. The smallest absolute Gasteiger partial charge is 0.184 e. The van der Waals surface area contributed by atoms with Crippen LogP contribution in [0.5, 0.6) is 5.75 Å². The van der Waals surface area contributed by atoms with Gasteiger partial charge in [-0.25, -0.2) is 0 Å². The van der Waals surface area contributed by atoms with E-state index in [0.29, 0.717) is 30.3 Å². The van der Waals surface area contributed by atoms with Crippen molar-refractivity contribution in [2.24, 2.45) is 24.1 Å². The molecule has 0 saturated heterocycles. The third-order valence-corrected chi connectivity index (χ3v) is 3.85. The van der Waals surface area contributed by atoms with E-state index in [1.807, 2.05) is 0 Å². The molecule has 0 spiro atoms. The Hall–Kier alpha value is -1.36. The molecule has 2 N–H and O–H groups in total. The zero-order valence-corrected chi connectivity index (χ0v) is 13.3. The van der Waals surface area contributed by atoms with Crippen LogP contribution in [0.15, 0.2) is 6.20 Å². The van der Waals surface area contributed by atoms with Gasteiger partial charge in [-0.3, -0.25) is 9.48 Å². The molecule has 20 heavy (non-hydrogen) atoms. The zero-order chi connectivity index (χ0) is 15.3. The van der Waals surface area contributed by atoms with E-state index >= 15 is 0 Å². The van der Waals surface area contributed by atoms with Gasteiger partial charge in [0.25, 0.3) is 0 Å². The molecule has 0 aliphatic carbocycles. The lowest BCUT2D eigenvalue weighted by Gasteiger charge is -2.30. The van der Waals surface area contributed by atoms with Crippen molar-refractivity contribution in [2.75, 3.05) is 13.7 Å². The van der Waals surface area contributed by atoms with Gasteiger partial charge in [0.15, 0.2) is 11.5 Å². The summed E-state index contributed by atoms with van der Waals surface area (Å²) >= 11 is 0. The minimum atomic E-state index is 0.0770. The molecule has 0 aromatic carbocycles. The van der Waals surface area contributed by atoms with Crippen molar-refractivity contribution in [3.8, 4) is 5.75 Å². The molecule has 114 valence electrons. The predicted octanol–water partition coefficient (Wildman–Crippen LogP) is 2.40. The molecule has 0 aliphatic heterocycles. The Morgan fingerprint density at radius 3 is 2.60 bits per heavy atom. The predicted molar refractivity (Wildman–Crippen MR) is 79.9 cm³/mol. The van der Waals surface area contributed by atoms with Gasteiger partial charge in [0, 0.05) is 13.5 Å². The number of nitrogens with zero attached hydrogens (tertiary/aromatic N) is 2. The molecule has 1 aromatic heterocycles. The Kier molecular flexibility index (Phi) is 5.74. The number of aryl methyl sites for hydroxylation is 1. The first-order chi connectivity index (χ1) is 9.31. The fourth-order valence-corrected chi connectivity index (χ4v) is 2.52. The minimum absolute atomic E-state index is 0.0770. The Morgan fingerprint density at radius 1 is 1.45 bits per heavy atom. The molecule has 0 amide bonds. The van der Waals surface area contributed by atoms with Crippen molar-refractivity contribution < 1.29 is 9.53 Å². The molecule has 1 atom stereocenters. The molecule has 1 aromatic rings. The molecule has 1 heterocycles. The van der Waals surface area contributed by atoms with E-state index in [1.54, 1.807) is 25.0 Å². The lowest BCUT2D eigenvalue weighted by Crippen LogP contribution is -2.24. The molecule has 0 fully saturated rings. The fraction of sp³-hybridized carbons (Fsp3) is 0.733. The van der Waals surface area contributed by atoms with Crippen LogP contribution in [0.25, 0.3) is 0 Å². The third kappa shape index (κ3) is 4.07. The number of Topliss-reactive ketones (excluding diaryl/α,β-unsaturated/α-hetero) is 1. The second kappa shape index (κ2) is 6.88. The molecular formula is C15H27N3O2. The summed E-state index contributed by atoms with van der Waals surface area (Å²) in [5.74, 6) is 1.06. The van der Waals surface area contributed by atoms with E-state index in [-0.39, 0.29) is 11.2 Å². The summed E-state index contributed by atoms with van der Waals surface area (Å²) in [6.07, 6.45) is 3.86. The van der Waals surface area contributed by atoms with Crippen LogP contribution >= 0.6 is 0 Å². The third-order valence-electron chi connectivity index (χ3n) is 3.85. The van der Waals surface area contributed by atoms with E-state index in [2.05, 4.69) is 25.9 Å². The van der Waals surface area contributed by atoms with Crippen molar-refractivity contribution in [3.63, 3.8) is 0 Å². The van der Waals surface area contributed by atoms with E-state index in [9.17, 15) is 4.79 Å². The number of hydrogen-bond acceptors (Lipinski definition) is 4. The summed E-state index contributed by atoms with van der Waals surface area (Å²) in [7, 11) is 3.32. The number of rotatable bonds is 7. The van der Waals surface area contributed by atoms with Crippen molar-refractivity contribution >= 4 is 5.78 Å². The van der Waals surface area contributed by atoms with Crippen LogP contribution in [-0.2, 0) is 7.05 Å². The highest BCUT2D eigenvalue weighted by Crippen LogP contribution is 2.33. The standard InChI is InChI=1S/C15H27N3O2/c1-15(2,3)11(8-9-16)6-7-12(19)14-13(20-5)10-17-18(14)4/h10-11H,6-9,16H2,1-5H3. The van der Waals surface area contributed by atoms with E-state index in [1.165, 1.54) is 0 Å². The van der Waals surface area contributed by atoms with Crippen LogP contribution in [-0.4, -0.2) is 29.2 Å². The molecule has 0 aliphatic rings. The number of aromatic nitrogens is 2. The zero-order valence-electron chi connectivity index (χ0n) is 13.3. The van der Waals surface area contributed by atoms with E-state index in [4.69, 9.17) is 10.5 Å². The minimum Gasteiger partial charge on any atom is -0.493 e. The SMILES string of the molecule is COc1cnn(C)c1C(=O)CCC(CCN)C(C)(C)C. The first kappa shape index (κ1) is 16.7. The molecule has 5 nitrogen and oxygen atoms in total. The molecule has 0 bridgehead atoms. The number of carbonyl (C=O) groups is 1. The highest BCUT2D eigenvalue weighted by Gasteiger charge is 2.26. The number of carbonyl (C=O) groups excluding carboxylic acids is 1. The average molecular weight is 281 g/mol. The van der Waals surface area contributed by atoms with Gasteiger partial charge in [-0.1, -0.05) is 20.8 Å². The highest BCUT2D eigenvalue weighted by atomic mass is 16.5. The van der Waals surface area contributed by atoms with Gasteiger partial charge >= 0.3 is 0 Å². The highest BCUT2D eigenvalue weighted by molar-refractivity contribution is 5.96. The Labute approximate surface area is 121 Å². The number of nitrogens with two attached hydrogens (primary N) is 1. The average Bonchev–Trinajstić information content (AvgIpc) is 2.73. The maximum atomic E-state index is 12.4. The number of methoxy groups -OCH3 is 1. The van der Waals surface area contributed by atoms with Crippen molar-refractivity contribution in [1.29, 1.82) is 0 Å². The normalized spacial score (nSPS) is 13.3. The number of hydrogen-bond donors (Lipinski definition) is 1. The van der Waals surface area contributed by atoms with Crippen LogP contribution in [0.1, 0.15) is 50.5 Å². The van der Waals surface area contributed by atoms with Gasteiger partial charge < -0.3 is 10.5 Å². The maximum Gasteiger partial charge on any atom is 0.184 e. The summed E-state index contributed by atoms with van der Waals surface area (Å²) in [5.41, 5.74) is 6.39. The fourth-order valence-electron chi connectivity index (χ4n) is 2.52. The van der Waals surface area contributed by atoms with E-state index < -0.39 is 0 Å². The number of ketones is 1. The Balaban J connectivity index is 2.73. The van der Waals surface area contributed by atoms with Crippen molar-refractivity contribution in [3.05, 3.63) is 11.9 Å². The monoisotopic (exact) mass is 281 g/mol. The topological polar surface area (TPSA) is 70.1 Å². The van der Waals surface area contributed by atoms with Gasteiger partial charge in [-0.2, -0.15) is 5.10 Å². The van der Waals surface area contributed by atoms with Gasteiger partial charge in [-0.05, 0) is 30.7 Å². The Morgan fingerprint density at radius 2 is 2.10 bits per heavy atom. The summed E-state index contributed by atoms with van der Waals surface area (Å²) in [5, 5.41) is 4.07. The van der Waals surface area contributed by atoms with Crippen LogP contribution in [0, 0.1) is 11.3 Å². The summed E-state index contributed by atoms with van der Waals surface area (Å²) in [6, 6.07) is 0. The second-order valence-electron chi connectivity index (χ2n) is 6.29. The quantitative estimate of drug-likeness (QED) is 0.779. The van der Waals surface area contributed by atoms with Crippen LogP contribution in [0.3, 0.4) is 0 Å². The molecule has 0 saturated carbocycles. The van der Waals surface area contributed by atoms with Gasteiger partial charge in [0.05, 0.1) is 13.3 Å².